The molecule has 1 aliphatic carbocycles. The SMILES string of the molecule is COCCCNC(=S)N(CCC(C)C)C1CCCC1. The fourth-order valence-corrected chi connectivity index (χ4v) is 2.92. The average Bonchev–Trinajstić information content (AvgIpc) is 2.88. The van der Waals surface area contributed by atoms with Crippen molar-refractivity contribution in [2.45, 2.75) is 58.4 Å². The maximum absolute atomic E-state index is 5.59. The second-order valence-electron chi connectivity index (χ2n) is 5.89. The maximum atomic E-state index is 5.59. The molecule has 0 amide bonds. The number of ether oxygens (including phenoxy) is 1. The highest BCUT2D eigenvalue weighted by Crippen LogP contribution is 2.24. The van der Waals surface area contributed by atoms with Crippen LogP contribution in [0.3, 0.4) is 0 Å². The zero-order valence-electron chi connectivity index (χ0n) is 12.8. The Morgan fingerprint density at radius 2 is 2.05 bits per heavy atom. The summed E-state index contributed by atoms with van der Waals surface area (Å²) in [7, 11) is 1.74. The highest BCUT2D eigenvalue weighted by Gasteiger charge is 2.24. The summed E-state index contributed by atoms with van der Waals surface area (Å²) in [5, 5.41) is 4.34. The fourth-order valence-electron chi connectivity index (χ4n) is 2.58. The summed E-state index contributed by atoms with van der Waals surface area (Å²) >= 11 is 5.59. The second kappa shape index (κ2) is 9.54. The molecular formula is C15H30N2OS. The summed E-state index contributed by atoms with van der Waals surface area (Å²) in [5.41, 5.74) is 0. The van der Waals surface area contributed by atoms with Gasteiger partial charge in [0.1, 0.15) is 0 Å². The Labute approximate surface area is 124 Å². The zero-order valence-corrected chi connectivity index (χ0v) is 13.6. The van der Waals surface area contributed by atoms with Crippen molar-refractivity contribution in [1.29, 1.82) is 0 Å². The van der Waals surface area contributed by atoms with Crippen LogP contribution in [0.15, 0.2) is 0 Å². The molecule has 3 nitrogen and oxygen atoms in total. The quantitative estimate of drug-likeness (QED) is 0.547. The third-order valence-corrected chi connectivity index (χ3v) is 4.15. The van der Waals surface area contributed by atoms with Gasteiger partial charge >= 0.3 is 0 Å². The minimum Gasteiger partial charge on any atom is -0.385 e. The lowest BCUT2D eigenvalue weighted by Gasteiger charge is -2.32. The highest BCUT2D eigenvalue weighted by molar-refractivity contribution is 7.80. The molecule has 0 aromatic heterocycles. The van der Waals surface area contributed by atoms with Crippen LogP contribution in [0.25, 0.3) is 0 Å². The van der Waals surface area contributed by atoms with Gasteiger partial charge in [-0.1, -0.05) is 26.7 Å². The van der Waals surface area contributed by atoms with Gasteiger partial charge in [0.2, 0.25) is 0 Å². The summed E-state index contributed by atoms with van der Waals surface area (Å²) in [6, 6.07) is 0.668. The third kappa shape index (κ3) is 6.57. The van der Waals surface area contributed by atoms with Crippen LogP contribution in [-0.4, -0.2) is 42.9 Å². The molecule has 1 fully saturated rings. The van der Waals surface area contributed by atoms with Crippen LogP contribution in [0.2, 0.25) is 0 Å². The number of hydrogen-bond donors (Lipinski definition) is 1. The number of thiocarbonyl (C=S) groups is 1. The minimum absolute atomic E-state index is 0.668. The first-order valence-electron chi connectivity index (χ1n) is 7.68. The van der Waals surface area contributed by atoms with Crippen molar-refractivity contribution in [2.75, 3.05) is 26.8 Å². The Bertz CT molecular complexity index is 253. The predicted molar refractivity (Wildman–Crippen MR) is 85.5 cm³/mol. The first kappa shape index (κ1) is 16.7. The molecule has 1 aliphatic rings. The smallest absolute Gasteiger partial charge is 0.169 e. The average molecular weight is 286 g/mol. The van der Waals surface area contributed by atoms with Gasteiger partial charge in [0, 0.05) is 32.8 Å². The minimum atomic E-state index is 0.668. The van der Waals surface area contributed by atoms with Gasteiger partial charge in [-0.2, -0.15) is 0 Å². The number of nitrogens with one attached hydrogen (secondary N) is 1. The molecule has 1 saturated carbocycles. The topological polar surface area (TPSA) is 24.5 Å². The Morgan fingerprint density at radius 1 is 1.37 bits per heavy atom. The van der Waals surface area contributed by atoms with Crippen molar-refractivity contribution in [3.05, 3.63) is 0 Å². The van der Waals surface area contributed by atoms with Gasteiger partial charge in [-0.3, -0.25) is 0 Å². The molecule has 0 heterocycles. The second-order valence-corrected chi connectivity index (χ2v) is 6.28. The Balaban J connectivity index is 2.39. The van der Waals surface area contributed by atoms with Crippen molar-refractivity contribution in [3.8, 4) is 0 Å². The van der Waals surface area contributed by atoms with Crippen molar-refractivity contribution in [1.82, 2.24) is 10.2 Å². The molecule has 4 heteroatoms. The molecule has 0 unspecified atom stereocenters. The van der Waals surface area contributed by atoms with Crippen molar-refractivity contribution in [3.63, 3.8) is 0 Å². The fraction of sp³-hybridized carbons (Fsp3) is 0.933. The van der Waals surface area contributed by atoms with Crippen LogP contribution in [0.5, 0.6) is 0 Å². The Hall–Kier alpha value is -0.350. The van der Waals surface area contributed by atoms with Gasteiger partial charge in [0.15, 0.2) is 5.11 Å². The van der Waals surface area contributed by atoms with Crippen LogP contribution < -0.4 is 5.32 Å². The summed E-state index contributed by atoms with van der Waals surface area (Å²) in [6.45, 7) is 7.37. The lowest BCUT2D eigenvalue weighted by atomic mass is 10.1. The monoisotopic (exact) mass is 286 g/mol. The first-order chi connectivity index (χ1) is 9.15. The van der Waals surface area contributed by atoms with Crippen molar-refractivity contribution in [2.24, 2.45) is 5.92 Å². The van der Waals surface area contributed by atoms with E-state index < -0.39 is 0 Å². The van der Waals surface area contributed by atoms with Gasteiger partial charge in [-0.25, -0.2) is 0 Å². The number of hydrogen-bond acceptors (Lipinski definition) is 2. The van der Waals surface area contributed by atoms with E-state index in [1.165, 1.54) is 32.1 Å². The van der Waals surface area contributed by atoms with Gasteiger partial charge in [-0.05, 0) is 43.8 Å². The highest BCUT2D eigenvalue weighted by atomic mass is 32.1. The Kier molecular flexibility index (Phi) is 8.38. The zero-order chi connectivity index (χ0) is 14.1. The van der Waals surface area contributed by atoms with Crippen LogP contribution >= 0.6 is 12.2 Å². The standard InChI is InChI=1S/C15H30N2OS/c1-13(2)9-11-17(14-7-4-5-8-14)15(19)16-10-6-12-18-3/h13-14H,4-12H2,1-3H3,(H,16,19). The van der Waals surface area contributed by atoms with E-state index in [0.29, 0.717) is 6.04 Å². The van der Waals surface area contributed by atoms with E-state index in [-0.39, 0.29) is 0 Å². The van der Waals surface area contributed by atoms with Gasteiger partial charge in [-0.15, -0.1) is 0 Å². The summed E-state index contributed by atoms with van der Waals surface area (Å²) in [4.78, 5) is 2.44. The van der Waals surface area contributed by atoms with E-state index >= 15 is 0 Å². The number of methoxy groups -OCH3 is 1. The van der Waals surface area contributed by atoms with Crippen LogP contribution in [-0.2, 0) is 4.74 Å². The molecule has 0 saturated heterocycles. The molecular weight excluding hydrogens is 256 g/mol. The molecule has 0 spiro atoms. The summed E-state index contributed by atoms with van der Waals surface area (Å²) in [5.74, 6) is 0.736. The maximum Gasteiger partial charge on any atom is 0.169 e. The summed E-state index contributed by atoms with van der Waals surface area (Å²) in [6.07, 6.45) is 7.55. The van der Waals surface area contributed by atoms with Gasteiger partial charge < -0.3 is 15.0 Å². The molecule has 0 atom stereocenters. The molecule has 0 aromatic carbocycles. The number of nitrogens with zero attached hydrogens (tertiary/aromatic N) is 1. The van der Waals surface area contributed by atoms with E-state index in [2.05, 4.69) is 24.1 Å². The largest absolute Gasteiger partial charge is 0.385 e. The van der Waals surface area contributed by atoms with E-state index in [4.69, 9.17) is 17.0 Å². The molecule has 0 aromatic rings. The van der Waals surface area contributed by atoms with Crippen molar-refractivity contribution < 1.29 is 4.74 Å². The Morgan fingerprint density at radius 3 is 2.63 bits per heavy atom. The molecule has 112 valence electrons. The lowest BCUT2D eigenvalue weighted by molar-refractivity contribution is 0.195. The molecule has 0 aliphatic heterocycles. The number of rotatable bonds is 8. The van der Waals surface area contributed by atoms with E-state index in [9.17, 15) is 0 Å². The molecule has 0 bridgehead atoms. The van der Waals surface area contributed by atoms with E-state index in [1.807, 2.05) is 0 Å². The van der Waals surface area contributed by atoms with Crippen LogP contribution in [0, 0.1) is 5.92 Å². The van der Waals surface area contributed by atoms with E-state index in [1.54, 1.807) is 7.11 Å². The van der Waals surface area contributed by atoms with Crippen LogP contribution in [0.4, 0.5) is 0 Å². The van der Waals surface area contributed by atoms with Gasteiger partial charge in [0.05, 0.1) is 0 Å². The third-order valence-electron chi connectivity index (χ3n) is 3.78. The lowest BCUT2D eigenvalue weighted by Crippen LogP contribution is -2.46. The summed E-state index contributed by atoms with van der Waals surface area (Å²) < 4.78 is 5.07. The van der Waals surface area contributed by atoms with E-state index in [0.717, 1.165) is 37.1 Å². The molecule has 1 N–H and O–H groups in total. The predicted octanol–water partition coefficient (Wildman–Crippen LogP) is 3.19. The molecule has 19 heavy (non-hydrogen) atoms. The first-order valence-corrected chi connectivity index (χ1v) is 8.09. The molecule has 1 rings (SSSR count). The van der Waals surface area contributed by atoms with Gasteiger partial charge in [0.25, 0.3) is 0 Å². The van der Waals surface area contributed by atoms with Crippen LogP contribution in [0.1, 0.15) is 52.4 Å². The van der Waals surface area contributed by atoms with Crippen molar-refractivity contribution >= 4 is 17.3 Å². The normalized spacial score (nSPS) is 16.0. The molecule has 0 radical (unpaired) electrons.